The van der Waals surface area contributed by atoms with Gasteiger partial charge >= 0.3 is 0 Å². The SMILES string of the molecule is Cc1[nH]c(N=O)c(O)c1C. The maximum atomic E-state index is 9.95. The number of hydrogen-bond donors (Lipinski definition) is 2. The fraction of sp³-hybridized carbons (Fsp3) is 0.333. The number of aryl methyl sites for hydroxylation is 1. The standard InChI is InChI=1S/C6H8N2O2/c1-3-4(2)7-6(8-10)5(3)9/h7,9H,1-2H3. The van der Waals surface area contributed by atoms with E-state index in [0.717, 1.165) is 5.69 Å². The van der Waals surface area contributed by atoms with Gasteiger partial charge in [0.15, 0.2) is 5.75 Å². The van der Waals surface area contributed by atoms with Crippen molar-refractivity contribution in [3.63, 3.8) is 0 Å². The zero-order chi connectivity index (χ0) is 7.72. The molecule has 0 amide bonds. The molecule has 1 heterocycles. The lowest BCUT2D eigenvalue weighted by Gasteiger charge is -1.86. The number of nitroso groups, excluding NO2 is 1. The molecular weight excluding hydrogens is 132 g/mol. The van der Waals surface area contributed by atoms with E-state index < -0.39 is 0 Å². The Hall–Kier alpha value is -1.32. The summed E-state index contributed by atoms with van der Waals surface area (Å²) in [5, 5.41) is 11.7. The van der Waals surface area contributed by atoms with E-state index in [0.29, 0.717) is 5.56 Å². The van der Waals surface area contributed by atoms with Gasteiger partial charge in [0.1, 0.15) is 0 Å². The average Bonchev–Trinajstić information content (AvgIpc) is 2.17. The predicted molar refractivity (Wildman–Crippen MR) is 37.4 cm³/mol. The first-order valence-electron chi connectivity index (χ1n) is 2.88. The Morgan fingerprint density at radius 1 is 1.50 bits per heavy atom. The van der Waals surface area contributed by atoms with Crippen molar-refractivity contribution in [2.24, 2.45) is 5.18 Å². The molecule has 0 unspecified atom stereocenters. The number of aromatic nitrogens is 1. The summed E-state index contributed by atoms with van der Waals surface area (Å²) in [5.74, 6) is -0.0394. The molecule has 0 saturated carbocycles. The smallest absolute Gasteiger partial charge is 0.217 e. The third-order valence-corrected chi connectivity index (χ3v) is 1.54. The maximum Gasteiger partial charge on any atom is 0.217 e. The minimum Gasteiger partial charge on any atom is -0.504 e. The van der Waals surface area contributed by atoms with Crippen molar-refractivity contribution in [2.45, 2.75) is 13.8 Å². The fourth-order valence-corrected chi connectivity index (χ4v) is 0.752. The minimum absolute atomic E-state index is 0.00926. The topological polar surface area (TPSA) is 65.5 Å². The molecule has 2 N–H and O–H groups in total. The first kappa shape index (κ1) is 6.80. The number of aromatic amines is 1. The van der Waals surface area contributed by atoms with Gasteiger partial charge in [0.05, 0.1) is 0 Å². The highest BCUT2D eigenvalue weighted by atomic mass is 16.3. The first-order valence-corrected chi connectivity index (χ1v) is 2.88. The number of nitrogens with zero attached hydrogens (tertiary/aromatic N) is 1. The monoisotopic (exact) mass is 140 g/mol. The molecule has 1 aromatic rings. The second kappa shape index (κ2) is 2.13. The molecule has 1 rings (SSSR count). The van der Waals surface area contributed by atoms with Crippen LogP contribution in [0.3, 0.4) is 0 Å². The van der Waals surface area contributed by atoms with Crippen LogP contribution in [0.1, 0.15) is 11.3 Å². The van der Waals surface area contributed by atoms with E-state index in [1.54, 1.807) is 13.8 Å². The van der Waals surface area contributed by atoms with Gasteiger partial charge in [-0.2, -0.15) is 0 Å². The number of hydrogen-bond acceptors (Lipinski definition) is 3. The van der Waals surface area contributed by atoms with Crippen LogP contribution in [0.5, 0.6) is 5.75 Å². The molecule has 0 radical (unpaired) electrons. The van der Waals surface area contributed by atoms with Gasteiger partial charge in [-0.3, -0.25) is 0 Å². The second-order valence-electron chi connectivity index (χ2n) is 2.16. The molecule has 10 heavy (non-hydrogen) atoms. The van der Waals surface area contributed by atoms with Crippen LogP contribution in [0.2, 0.25) is 0 Å². The van der Waals surface area contributed by atoms with Crippen molar-refractivity contribution in [2.75, 3.05) is 0 Å². The van der Waals surface area contributed by atoms with Crippen LogP contribution in [0.4, 0.5) is 5.82 Å². The molecule has 0 saturated heterocycles. The van der Waals surface area contributed by atoms with Gasteiger partial charge in [0.25, 0.3) is 0 Å². The van der Waals surface area contributed by atoms with E-state index >= 15 is 0 Å². The van der Waals surface area contributed by atoms with Gasteiger partial charge in [-0.15, -0.1) is 4.91 Å². The van der Waals surface area contributed by atoms with Crippen LogP contribution in [-0.2, 0) is 0 Å². The molecule has 0 aliphatic rings. The average molecular weight is 140 g/mol. The molecular formula is C6H8N2O2. The van der Waals surface area contributed by atoms with Crippen molar-refractivity contribution < 1.29 is 5.11 Å². The molecule has 0 atom stereocenters. The second-order valence-corrected chi connectivity index (χ2v) is 2.16. The van der Waals surface area contributed by atoms with Crippen molar-refractivity contribution >= 4 is 5.82 Å². The van der Waals surface area contributed by atoms with E-state index in [2.05, 4.69) is 10.2 Å². The molecule has 0 fully saturated rings. The summed E-state index contributed by atoms with van der Waals surface area (Å²) in [5.41, 5.74) is 1.45. The van der Waals surface area contributed by atoms with Crippen LogP contribution in [0.15, 0.2) is 5.18 Å². The number of aromatic hydroxyl groups is 1. The zero-order valence-corrected chi connectivity index (χ0v) is 5.80. The van der Waals surface area contributed by atoms with Gasteiger partial charge in [-0.1, -0.05) is 0 Å². The number of H-pyrrole nitrogens is 1. The molecule has 54 valence electrons. The third-order valence-electron chi connectivity index (χ3n) is 1.54. The van der Waals surface area contributed by atoms with Crippen molar-refractivity contribution in [1.82, 2.24) is 4.98 Å². The Morgan fingerprint density at radius 2 is 2.10 bits per heavy atom. The molecule has 0 spiro atoms. The lowest BCUT2D eigenvalue weighted by molar-refractivity contribution is 0.474. The lowest BCUT2D eigenvalue weighted by Crippen LogP contribution is -1.70. The molecule has 1 aromatic heterocycles. The highest BCUT2D eigenvalue weighted by molar-refractivity contribution is 5.52. The van der Waals surface area contributed by atoms with Gasteiger partial charge in [0.2, 0.25) is 5.82 Å². The Bertz CT molecular complexity index is 265. The van der Waals surface area contributed by atoms with Crippen molar-refractivity contribution in [3.05, 3.63) is 16.2 Å². The van der Waals surface area contributed by atoms with Gasteiger partial charge < -0.3 is 10.1 Å². The minimum atomic E-state index is -0.0486. The third kappa shape index (κ3) is 0.775. The summed E-state index contributed by atoms with van der Waals surface area (Å²) in [6.07, 6.45) is 0. The fourth-order valence-electron chi connectivity index (χ4n) is 0.752. The van der Waals surface area contributed by atoms with Crippen LogP contribution in [0.25, 0.3) is 0 Å². The molecule has 0 bridgehead atoms. The number of rotatable bonds is 1. The highest BCUT2D eigenvalue weighted by Gasteiger charge is 2.09. The zero-order valence-electron chi connectivity index (χ0n) is 5.80. The summed E-state index contributed by atoms with van der Waals surface area (Å²) in [7, 11) is 0. The van der Waals surface area contributed by atoms with Gasteiger partial charge in [-0.25, -0.2) is 0 Å². The van der Waals surface area contributed by atoms with Crippen molar-refractivity contribution in [1.29, 1.82) is 0 Å². The van der Waals surface area contributed by atoms with E-state index in [1.807, 2.05) is 0 Å². The number of nitrogens with one attached hydrogen (secondary N) is 1. The van der Waals surface area contributed by atoms with Gasteiger partial charge in [0, 0.05) is 11.3 Å². The largest absolute Gasteiger partial charge is 0.504 e. The summed E-state index contributed by atoms with van der Waals surface area (Å²) in [4.78, 5) is 12.6. The molecule has 0 aliphatic heterocycles. The summed E-state index contributed by atoms with van der Waals surface area (Å²) < 4.78 is 0. The van der Waals surface area contributed by atoms with Crippen LogP contribution < -0.4 is 0 Å². The van der Waals surface area contributed by atoms with E-state index in [4.69, 9.17) is 5.11 Å². The van der Waals surface area contributed by atoms with Crippen LogP contribution >= 0.6 is 0 Å². The van der Waals surface area contributed by atoms with E-state index in [9.17, 15) is 4.91 Å². The Labute approximate surface area is 57.9 Å². The lowest BCUT2D eigenvalue weighted by atomic mass is 10.3. The Balaban J connectivity index is 3.30. The Kier molecular flexibility index (Phi) is 1.45. The summed E-state index contributed by atoms with van der Waals surface area (Å²) in [6.45, 7) is 3.49. The maximum absolute atomic E-state index is 9.95. The summed E-state index contributed by atoms with van der Waals surface area (Å²) in [6, 6.07) is 0. The van der Waals surface area contributed by atoms with Gasteiger partial charge in [-0.05, 0) is 19.0 Å². The Morgan fingerprint density at radius 3 is 2.30 bits per heavy atom. The normalized spacial score (nSPS) is 9.80. The quantitative estimate of drug-likeness (QED) is 0.583. The molecule has 0 aliphatic carbocycles. The molecule has 0 aromatic carbocycles. The molecule has 4 heteroatoms. The predicted octanol–water partition coefficient (Wildman–Crippen LogP) is 1.74. The highest BCUT2D eigenvalue weighted by Crippen LogP contribution is 2.30. The summed E-state index contributed by atoms with van der Waals surface area (Å²) >= 11 is 0. The van der Waals surface area contributed by atoms with Crippen molar-refractivity contribution in [3.8, 4) is 5.75 Å². The van der Waals surface area contributed by atoms with E-state index in [-0.39, 0.29) is 11.6 Å². The first-order chi connectivity index (χ1) is 4.66. The van der Waals surface area contributed by atoms with Crippen LogP contribution in [-0.4, -0.2) is 10.1 Å². The molecule has 4 nitrogen and oxygen atoms in total. The van der Waals surface area contributed by atoms with Crippen LogP contribution in [0, 0.1) is 18.8 Å². The van der Waals surface area contributed by atoms with E-state index in [1.165, 1.54) is 0 Å².